The summed E-state index contributed by atoms with van der Waals surface area (Å²) in [5.41, 5.74) is 1.44. The Bertz CT molecular complexity index is 944. The molecule has 1 fully saturated rings. The lowest BCUT2D eigenvalue weighted by molar-refractivity contribution is -0.357. The molecule has 2 aromatic rings. The van der Waals surface area contributed by atoms with Crippen molar-refractivity contribution in [3.8, 4) is 5.69 Å². The molecule has 1 saturated carbocycles. The van der Waals surface area contributed by atoms with E-state index in [0.29, 0.717) is 29.9 Å². The first-order valence-electron chi connectivity index (χ1n) is 9.29. The fourth-order valence-electron chi connectivity index (χ4n) is 2.85. The lowest BCUT2D eigenvalue weighted by atomic mass is 9.92. The zero-order valence-electron chi connectivity index (χ0n) is 16.2. The summed E-state index contributed by atoms with van der Waals surface area (Å²) in [7, 11) is 0. The van der Waals surface area contributed by atoms with Crippen LogP contribution < -0.4 is 5.32 Å². The molecule has 0 saturated heterocycles. The van der Waals surface area contributed by atoms with Crippen LogP contribution in [0.5, 0.6) is 0 Å². The van der Waals surface area contributed by atoms with Crippen LogP contribution in [0.4, 0.5) is 17.6 Å². The standard InChI is InChI=1S/C19H19ClF4N4O3/c1-11(26-18(29)10-30-14-7-15(8-14)31-19(22,23)24)2-3-12-9-25-28(27-12)13-4-5-16(20)17(21)6-13/h4-6,9,14-15H,1-3,7-8,10H2,(H,26,29)/t14-,15+. The molecule has 0 aliphatic heterocycles. The lowest BCUT2D eigenvalue weighted by Crippen LogP contribution is -2.42. The lowest BCUT2D eigenvalue weighted by Gasteiger charge is -2.34. The SMILES string of the molecule is C=C(CCc1cnn(-c2ccc(Cl)c(F)c2)n1)NC(=O)CO[C@H]1C[C@@H](OC(F)(F)F)C1. The van der Waals surface area contributed by atoms with Crippen LogP contribution in [0.25, 0.3) is 5.69 Å². The summed E-state index contributed by atoms with van der Waals surface area (Å²) in [5, 5.41) is 10.9. The van der Waals surface area contributed by atoms with Gasteiger partial charge in [0.2, 0.25) is 5.91 Å². The normalized spacial score (nSPS) is 18.5. The van der Waals surface area contributed by atoms with E-state index >= 15 is 0 Å². The highest BCUT2D eigenvalue weighted by Crippen LogP contribution is 2.32. The molecule has 0 spiro atoms. The van der Waals surface area contributed by atoms with Crippen molar-refractivity contribution >= 4 is 17.5 Å². The van der Waals surface area contributed by atoms with E-state index < -0.39 is 30.3 Å². The fraction of sp³-hybridized carbons (Fsp3) is 0.421. The molecule has 0 bridgehead atoms. The van der Waals surface area contributed by atoms with Gasteiger partial charge in [0.15, 0.2) is 0 Å². The van der Waals surface area contributed by atoms with E-state index in [2.05, 4.69) is 26.8 Å². The fourth-order valence-corrected chi connectivity index (χ4v) is 2.97. The number of carbonyl (C=O) groups excluding carboxylic acids is 1. The number of rotatable bonds is 9. The van der Waals surface area contributed by atoms with Gasteiger partial charge in [-0.25, -0.2) is 4.39 Å². The second-order valence-electron chi connectivity index (χ2n) is 6.97. The third-order valence-electron chi connectivity index (χ3n) is 4.47. The topological polar surface area (TPSA) is 78.3 Å². The molecule has 1 amide bonds. The highest BCUT2D eigenvalue weighted by Gasteiger charge is 2.40. The smallest absolute Gasteiger partial charge is 0.368 e. The molecule has 0 radical (unpaired) electrons. The van der Waals surface area contributed by atoms with Crippen LogP contribution in [0.3, 0.4) is 0 Å². The molecule has 1 aliphatic rings. The summed E-state index contributed by atoms with van der Waals surface area (Å²) in [5.74, 6) is -1.04. The number of alkyl halides is 3. The van der Waals surface area contributed by atoms with Crippen molar-refractivity contribution < 1.29 is 31.8 Å². The quantitative estimate of drug-likeness (QED) is 0.575. The Balaban J connectivity index is 1.35. The Morgan fingerprint density at radius 2 is 2.06 bits per heavy atom. The molecule has 31 heavy (non-hydrogen) atoms. The number of nitrogens with zero attached hydrogens (tertiary/aromatic N) is 3. The maximum Gasteiger partial charge on any atom is 0.522 e. The molecule has 1 N–H and O–H groups in total. The number of carbonyl (C=O) groups is 1. The number of nitrogens with one attached hydrogen (secondary N) is 1. The Morgan fingerprint density at radius 3 is 2.74 bits per heavy atom. The number of hydrogen-bond donors (Lipinski definition) is 1. The van der Waals surface area contributed by atoms with Gasteiger partial charge in [-0.15, -0.1) is 13.2 Å². The minimum Gasteiger partial charge on any atom is -0.368 e. The van der Waals surface area contributed by atoms with Gasteiger partial charge in [0.25, 0.3) is 0 Å². The second-order valence-corrected chi connectivity index (χ2v) is 7.37. The first-order chi connectivity index (χ1) is 14.6. The van der Waals surface area contributed by atoms with Crippen molar-refractivity contribution in [2.24, 2.45) is 0 Å². The predicted molar refractivity (Wildman–Crippen MR) is 102 cm³/mol. The number of aryl methyl sites for hydroxylation is 1. The van der Waals surface area contributed by atoms with Crippen LogP contribution in [0, 0.1) is 5.82 Å². The third-order valence-corrected chi connectivity index (χ3v) is 4.78. The first kappa shape index (κ1) is 23.2. The summed E-state index contributed by atoms with van der Waals surface area (Å²) in [6, 6.07) is 4.19. The largest absolute Gasteiger partial charge is 0.522 e. The van der Waals surface area contributed by atoms with Crippen LogP contribution in [0.1, 0.15) is 25.0 Å². The summed E-state index contributed by atoms with van der Waals surface area (Å²) in [6.45, 7) is 3.47. The number of allylic oxidation sites excluding steroid dienone is 1. The van der Waals surface area contributed by atoms with Gasteiger partial charge < -0.3 is 10.1 Å². The Hall–Kier alpha value is -2.50. The number of ether oxygens (including phenoxy) is 2. The molecule has 0 unspecified atom stereocenters. The van der Waals surface area contributed by atoms with Gasteiger partial charge >= 0.3 is 6.36 Å². The summed E-state index contributed by atoms with van der Waals surface area (Å²) in [4.78, 5) is 13.1. The number of halogens is 5. The van der Waals surface area contributed by atoms with E-state index in [4.69, 9.17) is 16.3 Å². The molecule has 1 heterocycles. The monoisotopic (exact) mass is 462 g/mol. The van der Waals surface area contributed by atoms with Crippen molar-refractivity contribution in [1.29, 1.82) is 0 Å². The van der Waals surface area contributed by atoms with Gasteiger partial charge in [-0.2, -0.15) is 15.0 Å². The average Bonchev–Trinajstić information content (AvgIpc) is 3.12. The van der Waals surface area contributed by atoms with Crippen LogP contribution >= 0.6 is 11.6 Å². The molecular formula is C19H19ClF4N4O3. The van der Waals surface area contributed by atoms with Gasteiger partial charge in [-0.3, -0.25) is 9.53 Å². The molecule has 3 rings (SSSR count). The number of amides is 1. The number of aromatic nitrogens is 3. The molecule has 1 aliphatic carbocycles. The van der Waals surface area contributed by atoms with Crippen molar-refractivity contribution in [1.82, 2.24) is 20.3 Å². The van der Waals surface area contributed by atoms with Gasteiger partial charge in [-0.05, 0) is 25.0 Å². The summed E-state index contributed by atoms with van der Waals surface area (Å²) < 4.78 is 58.8. The zero-order valence-corrected chi connectivity index (χ0v) is 16.9. The Labute approximate surface area is 180 Å². The summed E-state index contributed by atoms with van der Waals surface area (Å²) >= 11 is 5.66. The van der Waals surface area contributed by atoms with E-state index in [0.717, 1.165) is 0 Å². The van der Waals surface area contributed by atoms with E-state index in [-0.39, 0.29) is 24.5 Å². The van der Waals surface area contributed by atoms with Gasteiger partial charge in [-0.1, -0.05) is 18.2 Å². The van der Waals surface area contributed by atoms with Crippen molar-refractivity contribution in [3.05, 3.63) is 53.2 Å². The van der Waals surface area contributed by atoms with Crippen LogP contribution in [-0.4, -0.2) is 46.1 Å². The van der Waals surface area contributed by atoms with E-state index in [1.165, 1.54) is 23.1 Å². The first-order valence-corrected chi connectivity index (χ1v) is 9.67. The summed E-state index contributed by atoms with van der Waals surface area (Å²) in [6.07, 6.45) is -3.55. The van der Waals surface area contributed by atoms with Crippen molar-refractivity contribution in [2.75, 3.05) is 6.61 Å². The van der Waals surface area contributed by atoms with Gasteiger partial charge in [0.05, 0.1) is 34.8 Å². The molecule has 1 aromatic heterocycles. The zero-order chi connectivity index (χ0) is 22.6. The molecular weight excluding hydrogens is 444 g/mol. The van der Waals surface area contributed by atoms with Gasteiger partial charge in [0.1, 0.15) is 12.4 Å². The van der Waals surface area contributed by atoms with Crippen molar-refractivity contribution in [2.45, 2.75) is 44.3 Å². The Kier molecular flexibility index (Phi) is 7.29. The molecule has 7 nitrogen and oxygen atoms in total. The van der Waals surface area contributed by atoms with Crippen LogP contribution in [0.15, 0.2) is 36.7 Å². The number of hydrogen-bond acceptors (Lipinski definition) is 5. The number of benzene rings is 1. The highest BCUT2D eigenvalue weighted by atomic mass is 35.5. The highest BCUT2D eigenvalue weighted by molar-refractivity contribution is 6.30. The predicted octanol–water partition coefficient (Wildman–Crippen LogP) is 3.71. The third kappa shape index (κ3) is 7.01. The molecule has 1 aromatic carbocycles. The van der Waals surface area contributed by atoms with E-state index in [1.807, 2.05) is 0 Å². The maximum atomic E-state index is 13.6. The molecule has 0 atom stereocenters. The van der Waals surface area contributed by atoms with Crippen molar-refractivity contribution in [3.63, 3.8) is 0 Å². The minimum absolute atomic E-state index is 0.00100. The average molecular weight is 463 g/mol. The minimum atomic E-state index is -4.67. The van der Waals surface area contributed by atoms with Crippen LogP contribution in [-0.2, 0) is 20.7 Å². The second kappa shape index (κ2) is 9.75. The maximum absolute atomic E-state index is 13.6. The molecule has 12 heteroatoms. The Morgan fingerprint density at radius 1 is 1.32 bits per heavy atom. The molecule has 168 valence electrons. The van der Waals surface area contributed by atoms with Crippen LogP contribution in [0.2, 0.25) is 5.02 Å². The van der Waals surface area contributed by atoms with E-state index in [9.17, 15) is 22.4 Å². The van der Waals surface area contributed by atoms with E-state index in [1.54, 1.807) is 6.07 Å². The van der Waals surface area contributed by atoms with Gasteiger partial charge in [0, 0.05) is 24.6 Å².